The third-order valence-electron chi connectivity index (χ3n) is 4.43. The molecule has 1 amide bonds. The Hall–Kier alpha value is -3.06. The van der Waals surface area contributed by atoms with Gasteiger partial charge in [0.15, 0.2) is 5.16 Å². The zero-order valence-electron chi connectivity index (χ0n) is 17.3. The first-order valence-electron chi connectivity index (χ1n) is 9.72. The van der Waals surface area contributed by atoms with Gasteiger partial charge in [-0.15, -0.1) is 0 Å². The van der Waals surface area contributed by atoms with Gasteiger partial charge in [0.05, 0.1) is 11.4 Å². The number of carbonyl (C=O) groups is 1. The average molecular weight is 424 g/mol. The molecule has 0 radical (unpaired) electrons. The van der Waals surface area contributed by atoms with Crippen LogP contribution in [0.15, 0.2) is 64.5 Å². The number of aromatic amines is 1. The van der Waals surface area contributed by atoms with Gasteiger partial charge in [-0.05, 0) is 36.1 Å². The molecule has 30 heavy (non-hydrogen) atoms. The van der Waals surface area contributed by atoms with E-state index in [4.69, 9.17) is 4.74 Å². The maximum absolute atomic E-state index is 12.5. The molecule has 2 aromatic carbocycles. The van der Waals surface area contributed by atoms with Crippen LogP contribution in [-0.4, -0.2) is 21.6 Å². The van der Waals surface area contributed by atoms with Crippen molar-refractivity contribution in [2.75, 3.05) is 11.1 Å². The number of H-pyrrole nitrogens is 1. The van der Waals surface area contributed by atoms with E-state index in [1.807, 2.05) is 55.5 Å². The van der Waals surface area contributed by atoms with Crippen LogP contribution in [0.5, 0.6) is 5.75 Å². The molecule has 0 aliphatic rings. The van der Waals surface area contributed by atoms with E-state index in [0.29, 0.717) is 22.5 Å². The number of nitrogens with zero attached hydrogens (tertiary/aromatic N) is 1. The van der Waals surface area contributed by atoms with Crippen molar-refractivity contribution < 1.29 is 9.53 Å². The summed E-state index contributed by atoms with van der Waals surface area (Å²) >= 11 is 1.18. The Labute approximate surface area is 180 Å². The Morgan fingerprint density at radius 2 is 1.93 bits per heavy atom. The highest BCUT2D eigenvalue weighted by Gasteiger charge is 2.13. The highest BCUT2D eigenvalue weighted by molar-refractivity contribution is 7.99. The summed E-state index contributed by atoms with van der Waals surface area (Å²) in [7, 11) is 0. The summed E-state index contributed by atoms with van der Waals surface area (Å²) in [6.45, 7) is 6.34. The molecule has 0 spiro atoms. The predicted octanol–water partition coefficient (Wildman–Crippen LogP) is 4.51. The lowest BCUT2D eigenvalue weighted by molar-refractivity contribution is -0.113. The number of thioether (sulfide) groups is 1. The van der Waals surface area contributed by atoms with Crippen molar-refractivity contribution in [3.05, 3.63) is 81.8 Å². The van der Waals surface area contributed by atoms with E-state index in [1.165, 1.54) is 17.8 Å². The van der Waals surface area contributed by atoms with E-state index in [9.17, 15) is 9.59 Å². The smallest absolute Gasteiger partial charge is 0.251 e. The van der Waals surface area contributed by atoms with Crippen LogP contribution in [-0.2, 0) is 11.4 Å². The lowest BCUT2D eigenvalue weighted by Crippen LogP contribution is -2.18. The second-order valence-corrected chi connectivity index (χ2v) is 8.14. The van der Waals surface area contributed by atoms with Crippen molar-refractivity contribution >= 4 is 23.4 Å². The maximum Gasteiger partial charge on any atom is 0.251 e. The lowest BCUT2D eigenvalue weighted by Gasteiger charge is -2.16. The van der Waals surface area contributed by atoms with Gasteiger partial charge in [-0.1, -0.05) is 62.0 Å². The fraction of sp³-hybridized carbons (Fsp3) is 0.261. The third-order valence-corrected chi connectivity index (χ3v) is 5.31. The first kappa shape index (κ1) is 21.6. The standard InChI is InChI=1S/C23H25N3O3S/c1-15(2)19-11-7-8-16(3)22(19)25-21(28)14-30-23-24-17(12-20(27)26-23)13-29-18-9-5-4-6-10-18/h4-12,15H,13-14H2,1-3H3,(H,25,28)(H,24,26,27). The van der Waals surface area contributed by atoms with Crippen LogP contribution in [0.4, 0.5) is 5.69 Å². The molecule has 7 heteroatoms. The number of hydrogen-bond donors (Lipinski definition) is 2. The number of hydrogen-bond acceptors (Lipinski definition) is 5. The van der Waals surface area contributed by atoms with Crippen LogP contribution < -0.4 is 15.6 Å². The molecule has 0 saturated carbocycles. The van der Waals surface area contributed by atoms with Crippen LogP contribution in [0.3, 0.4) is 0 Å². The molecule has 0 bridgehead atoms. The molecule has 0 unspecified atom stereocenters. The van der Waals surface area contributed by atoms with E-state index >= 15 is 0 Å². The summed E-state index contributed by atoms with van der Waals surface area (Å²) in [5.41, 5.74) is 3.20. The van der Waals surface area contributed by atoms with Gasteiger partial charge < -0.3 is 15.0 Å². The molecule has 3 aromatic rings. The fourth-order valence-electron chi connectivity index (χ4n) is 2.95. The van der Waals surface area contributed by atoms with Gasteiger partial charge in [0.1, 0.15) is 12.4 Å². The average Bonchev–Trinajstić information content (AvgIpc) is 2.72. The van der Waals surface area contributed by atoms with Crippen LogP contribution in [0.2, 0.25) is 0 Å². The molecule has 0 aliphatic carbocycles. The number of para-hydroxylation sites is 2. The number of nitrogens with one attached hydrogen (secondary N) is 2. The minimum atomic E-state index is -0.277. The highest BCUT2D eigenvalue weighted by Crippen LogP contribution is 2.27. The summed E-state index contributed by atoms with van der Waals surface area (Å²) in [6, 6.07) is 16.7. The summed E-state index contributed by atoms with van der Waals surface area (Å²) in [6.07, 6.45) is 0. The second-order valence-electron chi connectivity index (χ2n) is 7.17. The van der Waals surface area contributed by atoms with E-state index in [1.54, 1.807) is 0 Å². The Morgan fingerprint density at radius 3 is 2.67 bits per heavy atom. The quantitative estimate of drug-likeness (QED) is 0.411. The van der Waals surface area contributed by atoms with E-state index < -0.39 is 0 Å². The fourth-order valence-corrected chi connectivity index (χ4v) is 3.65. The van der Waals surface area contributed by atoms with Gasteiger partial charge in [-0.3, -0.25) is 9.59 Å². The maximum atomic E-state index is 12.5. The van der Waals surface area contributed by atoms with Crippen LogP contribution in [0, 0.1) is 6.92 Å². The summed E-state index contributed by atoms with van der Waals surface area (Å²) in [4.78, 5) is 31.5. The predicted molar refractivity (Wildman–Crippen MR) is 120 cm³/mol. The molecular formula is C23H25N3O3S. The number of aromatic nitrogens is 2. The molecule has 1 aromatic heterocycles. The largest absolute Gasteiger partial charge is 0.487 e. The summed E-state index contributed by atoms with van der Waals surface area (Å²) < 4.78 is 5.65. The zero-order valence-corrected chi connectivity index (χ0v) is 18.1. The zero-order chi connectivity index (χ0) is 21.5. The van der Waals surface area contributed by atoms with Gasteiger partial charge >= 0.3 is 0 Å². The van der Waals surface area contributed by atoms with Gasteiger partial charge in [0, 0.05) is 11.8 Å². The van der Waals surface area contributed by atoms with Crippen LogP contribution >= 0.6 is 11.8 Å². The molecule has 1 heterocycles. The number of anilines is 1. The number of benzene rings is 2. The van der Waals surface area contributed by atoms with E-state index in [2.05, 4.69) is 29.1 Å². The normalized spacial score (nSPS) is 10.8. The van der Waals surface area contributed by atoms with Gasteiger partial charge in [0.25, 0.3) is 5.56 Å². The van der Waals surface area contributed by atoms with Gasteiger partial charge in [-0.2, -0.15) is 0 Å². The van der Waals surface area contributed by atoms with Crippen molar-refractivity contribution in [3.63, 3.8) is 0 Å². The SMILES string of the molecule is Cc1cccc(C(C)C)c1NC(=O)CSc1nc(COc2ccccc2)cc(=O)[nH]1. The number of ether oxygens (including phenoxy) is 1. The van der Waals surface area contributed by atoms with Crippen LogP contribution in [0.25, 0.3) is 0 Å². The van der Waals surface area contributed by atoms with E-state index in [-0.39, 0.29) is 23.8 Å². The first-order valence-corrected chi connectivity index (χ1v) is 10.7. The van der Waals surface area contributed by atoms with Crippen LogP contribution in [0.1, 0.15) is 36.6 Å². The number of aryl methyl sites for hydroxylation is 1. The Balaban J connectivity index is 1.62. The Kier molecular flexibility index (Phi) is 7.30. The lowest BCUT2D eigenvalue weighted by atomic mass is 9.98. The monoisotopic (exact) mass is 423 g/mol. The molecule has 0 aliphatic heterocycles. The molecule has 156 valence electrons. The topological polar surface area (TPSA) is 84.1 Å². The molecule has 0 atom stereocenters. The molecule has 0 fully saturated rings. The first-order chi connectivity index (χ1) is 14.4. The highest BCUT2D eigenvalue weighted by atomic mass is 32.2. The number of amides is 1. The number of carbonyl (C=O) groups excluding carboxylic acids is 1. The molecule has 3 rings (SSSR count). The minimum Gasteiger partial charge on any atom is -0.487 e. The van der Waals surface area contributed by atoms with Gasteiger partial charge in [0.2, 0.25) is 5.91 Å². The Morgan fingerprint density at radius 1 is 1.17 bits per heavy atom. The number of rotatable bonds is 8. The summed E-state index contributed by atoms with van der Waals surface area (Å²) in [5.74, 6) is 0.988. The Bertz CT molecular complexity index is 1060. The van der Waals surface area contributed by atoms with Crippen molar-refractivity contribution in [1.29, 1.82) is 0 Å². The molecule has 6 nitrogen and oxygen atoms in total. The summed E-state index contributed by atoms with van der Waals surface area (Å²) in [5, 5.41) is 3.39. The minimum absolute atomic E-state index is 0.137. The van der Waals surface area contributed by atoms with Crippen molar-refractivity contribution in [1.82, 2.24) is 9.97 Å². The second kappa shape index (κ2) is 10.1. The van der Waals surface area contributed by atoms with Crippen molar-refractivity contribution in [2.45, 2.75) is 38.5 Å². The van der Waals surface area contributed by atoms with Gasteiger partial charge in [-0.25, -0.2) is 4.98 Å². The molecule has 2 N–H and O–H groups in total. The van der Waals surface area contributed by atoms with Crippen molar-refractivity contribution in [3.8, 4) is 5.75 Å². The van der Waals surface area contributed by atoms with Crippen molar-refractivity contribution in [2.24, 2.45) is 0 Å². The molecular weight excluding hydrogens is 398 g/mol. The molecule has 0 saturated heterocycles. The third kappa shape index (κ3) is 5.97. The van der Waals surface area contributed by atoms with E-state index in [0.717, 1.165) is 16.8 Å².